The molecule has 0 saturated carbocycles. The molecule has 1 fully saturated rings. The number of anilines is 1. The molecule has 0 radical (unpaired) electrons. The third-order valence-corrected chi connectivity index (χ3v) is 2.97. The minimum absolute atomic E-state index is 0.138. The lowest BCUT2D eigenvalue weighted by Crippen LogP contribution is -2.28. The first-order valence-corrected chi connectivity index (χ1v) is 6.20. The maximum absolute atomic E-state index is 11.8. The van der Waals surface area contributed by atoms with Crippen LogP contribution in [0.25, 0.3) is 0 Å². The van der Waals surface area contributed by atoms with E-state index in [1.165, 1.54) is 4.90 Å². The van der Waals surface area contributed by atoms with Gasteiger partial charge in [0.05, 0.1) is 6.54 Å². The van der Waals surface area contributed by atoms with E-state index >= 15 is 0 Å². The van der Waals surface area contributed by atoms with Crippen molar-refractivity contribution < 1.29 is 14.3 Å². The molecule has 1 aliphatic heterocycles. The lowest BCUT2D eigenvalue weighted by Gasteiger charge is -2.13. The molecule has 6 nitrogen and oxygen atoms in total. The number of ether oxygens (including phenoxy) is 1. The van der Waals surface area contributed by atoms with Crippen LogP contribution in [0.2, 0.25) is 0 Å². The summed E-state index contributed by atoms with van der Waals surface area (Å²) in [6, 6.07) is 7.39. The summed E-state index contributed by atoms with van der Waals surface area (Å²) in [5.74, 6) is -0.138. The summed E-state index contributed by atoms with van der Waals surface area (Å²) in [5.41, 5.74) is 7.20. The van der Waals surface area contributed by atoms with Crippen LogP contribution >= 0.6 is 0 Å². The average Bonchev–Trinajstić information content (AvgIpc) is 2.82. The molecule has 0 atom stereocenters. The SMILES string of the molecule is NCc1ccccc1NC(=O)CCN1CCOC1=O. The second kappa shape index (κ2) is 6.19. The van der Waals surface area contributed by atoms with Crippen molar-refractivity contribution >= 4 is 17.7 Å². The predicted molar refractivity (Wildman–Crippen MR) is 70.5 cm³/mol. The molecule has 0 aliphatic carbocycles. The Kier molecular flexibility index (Phi) is 4.35. The van der Waals surface area contributed by atoms with Crippen molar-refractivity contribution in [3.63, 3.8) is 0 Å². The molecule has 3 N–H and O–H groups in total. The number of rotatable bonds is 5. The van der Waals surface area contributed by atoms with Crippen LogP contribution in [0, 0.1) is 0 Å². The Labute approximate surface area is 111 Å². The molecule has 19 heavy (non-hydrogen) atoms. The van der Waals surface area contributed by atoms with Gasteiger partial charge in [-0.25, -0.2) is 4.79 Å². The number of para-hydroxylation sites is 1. The van der Waals surface area contributed by atoms with E-state index in [4.69, 9.17) is 10.5 Å². The summed E-state index contributed by atoms with van der Waals surface area (Å²) < 4.78 is 4.79. The van der Waals surface area contributed by atoms with E-state index < -0.39 is 0 Å². The van der Waals surface area contributed by atoms with Gasteiger partial charge in [-0.3, -0.25) is 4.79 Å². The number of benzene rings is 1. The molecular formula is C13H17N3O3. The minimum atomic E-state index is -0.352. The Bertz CT molecular complexity index is 476. The number of carbonyl (C=O) groups excluding carboxylic acids is 2. The quantitative estimate of drug-likeness (QED) is 0.827. The lowest BCUT2D eigenvalue weighted by molar-refractivity contribution is -0.116. The Morgan fingerprint density at radius 2 is 2.21 bits per heavy atom. The van der Waals surface area contributed by atoms with Gasteiger partial charge < -0.3 is 20.7 Å². The van der Waals surface area contributed by atoms with Crippen molar-refractivity contribution in [2.45, 2.75) is 13.0 Å². The highest BCUT2D eigenvalue weighted by atomic mass is 16.6. The van der Waals surface area contributed by atoms with Crippen molar-refractivity contribution in [2.75, 3.05) is 25.0 Å². The molecular weight excluding hydrogens is 246 g/mol. The second-order valence-corrected chi connectivity index (χ2v) is 4.26. The monoisotopic (exact) mass is 263 g/mol. The number of nitrogens with one attached hydrogen (secondary N) is 1. The van der Waals surface area contributed by atoms with Gasteiger partial charge in [-0.2, -0.15) is 0 Å². The molecule has 6 heteroatoms. The van der Waals surface area contributed by atoms with Crippen LogP contribution in [0.4, 0.5) is 10.5 Å². The first-order valence-electron chi connectivity index (χ1n) is 6.20. The number of carbonyl (C=O) groups is 2. The topological polar surface area (TPSA) is 84.7 Å². The molecule has 1 aromatic carbocycles. The van der Waals surface area contributed by atoms with Gasteiger partial charge in [0, 0.05) is 25.2 Å². The molecule has 1 saturated heterocycles. The number of nitrogens with two attached hydrogens (primary N) is 1. The fourth-order valence-electron chi connectivity index (χ4n) is 1.90. The lowest BCUT2D eigenvalue weighted by atomic mass is 10.1. The summed E-state index contributed by atoms with van der Waals surface area (Å²) >= 11 is 0. The molecule has 0 bridgehead atoms. The van der Waals surface area contributed by atoms with Crippen molar-refractivity contribution in [3.8, 4) is 0 Å². The zero-order chi connectivity index (χ0) is 13.7. The molecule has 1 aliphatic rings. The fraction of sp³-hybridized carbons (Fsp3) is 0.385. The Balaban J connectivity index is 1.85. The fourth-order valence-corrected chi connectivity index (χ4v) is 1.90. The highest BCUT2D eigenvalue weighted by Crippen LogP contribution is 2.14. The van der Waals surface area contributed by atoms with Crippen LogP contribution in [0.5, 0.6) is 0 Å². The molecule has 0 unspecified atom stereocenters. The number of cyclic esters (lactones) is 1. The normalized spacial score (nSPS) is 14.4. The second-order valence-electron chi connectivity index (χ2n) is 4.26. The average molecular weight is 263 g/mol. The minimum Gasteiger partial charge on any atom is -0.448 e. The van der Waals surface area contributed by atoms with Crippen LogP contribution in [0.15, 0.2) is 24.3 Å². The number of hydrogen-bond donors (Lipinski definition) is 2. The molecule has 2 rings (SSSR count). The standard InChI is InChI=1S/C13H17N3O3/c14-9-10-3-1-2-4-11(10)15-12(17)5-6-16-7-8-19-13(16)18/h1-4H,5-9,14H2,(H,15,17). The Hall–Kier alpha value is -2.08. The summed E-state index contributed by atoms with van der Waals surface area (Å²) in [4.78, 5) is 24.5. The molecule has 102 valence electrons. The molecule has 1 aromatic rings. The van der Waals surface area contributed by atoms with E-state index in [1.54, 1.807) is 0 Å². The number of nitrogens with zero attached hydrogens (tertiary/aromatic N) is 1. The van der Waals surface area contributed by atoms with Crippen LogP contribution < -0.4 is 11.1 Å². The van der Waals surface area contributed by atoms with E-state index in [0.717, 1.165) is 11.3 Å². The van der Waals surface area contributed by atoms with E-state index in [2.05, 4.69) is 5.32 Å². The smallest absolute Gasteiger partial charge is 0.409 e. The van der Waals surface area contributed by atoms with Crippen LogP contribution in [-0.2, 0) is 16.1 Å². The molecule has 2 amide bonds. The Morgan fingerprint density at radius 1 is 1.42 bits per heavy atom. The van der Waals surface area contributed by atoms with Gasteiger partial charge in [0.15, 0.2) is 0 Å². The van der Waals surface area contributed by atoms with E-state index in [-0.39, 0.29) is 18.4 Å². The van der Waals surface area contributed by atoms with Gasteiger partial charge in [0.1, 0.15) is 6.61 Å². The van der Waals surface area contributed by atoms with Gasteiger partial charge in [0.25, 0.3) is 0 Å². The van der Waals surface area contributed by atoms with Gasteiger partial charge in [-0.1, -0.05) is 18.2 Å². The first kappa shape index (κ1) is 13.4. The number of hydrogen-bond acceptors (Lipinski definition) is 4. The zero-order valence-electron chi connectivity index (χ0n) is 10.6. The van der Waals surface area contributed by atoms with Gasteiger partial charge >= 0.3 is 6.09 Å². The van der Waals surface area contributed by atoms with Gasteiger partial charge in [-0.15, -0.1) is 0 Å². The van der Waals surface area contributed by atoms with Crippen molar-refractivity contribution in [1.29, 1.82) is 0 Å². The highest BCUT2D eigenvalue weighted by molar-refractivity contribution is 5.91. The molecule has 0 spiro atoms. The predicted octanol–water partition coefficient (Wildman–Crippen LogP) is 0.926. The summed E-state index contributed by atoms with van der Waals surface area (Å²) in [6.45, 7) is 1.69. The van der Waals surface area contributed by atoms with Gasteiger partial charge in [-0.05, 0) is 11.6 Å². The number of amides is 2. The van der Waals surface area contributed by atoms with Crippen molar-refractivity contribution in [1.82, 2.24) is 4.90 Å². The first-order chi connectivity index (χ1) is 9.20. The van der Waals surface area contributed by atoms with E-state index in [9.17, 15) is 9.59 Å². The van der Waals surface area contributed by atoms with Gasteiger partial charge in [0.2, 0.25) is 5.91 Å². The summed E-state index contributed by atoms with van der Waals surface area (Å²) in [5, 5.41) is 2.80. The van der Waals surface area contributed by atoms with Crippen LogP contribution in [0.3, 0.4) is 0 Å². The van der Waals surface area contributed by atoms with Crippen molar-refractivity contribution in [2.24, 2.45) is 5.73 Å². The van der Waals surface area contributed by atoms with Crippen molar-refractivity contribution in [3.05, 3.63) is 29.8 Å². The molecule has 1 heterocycles. The summed E-state index contributed by atoms with van der Waals surface area (Å²) in [6.07, 6.45) is -0.108. The third kappa shape index (κ3) is 3.45. The highest BCUT2D eigenvalue weighted by Gasteiger charge is 2.22. The summed E-state index contributed by atoms with van der Waals surface area (Å²) in [7, 11) is 0. The maximum atomic E-state index is 11.8. The zero-order valence-corrected chi connectivity index (χ0v) is 10.6. The maximum Gasteiger partial charge on any atom is 0.409 e. The largest absolute Gasteiger partial charge is 0.448 e. The van der Waals surface area contributed by atoms with Crippen LogP contribution in [-0.4, -0.2) is 36.6 Å². The van der Waals surface area contributed by atoms with E-state index in [1.807, 2.05) is 24.3 Å². The third-order valence-electron chi connectivity index (χ3n) is 2.97. The molecule has 0 aromatic heterocycles. The van der Waals surface area contributed by atoms with Crippen LogP contribution in [0.1, 0.15) is 12.0 Å². The Morgan fingerprint density at radius 3 is 2.89 bits per heavy atom. The van der Waals surface area contributed by atoms with E-state index in [0.29, 0.717) is 26.2 Å².